The maximum atomic E-state index is 5.41. The molecule has 4 heteroatoms. The van der Waals surface area contributed by atoms with Crippen molar-refractivity contribution in [1.29, 1.82) is 0 Å². The van der Waals surface area contributed by atoms with Gasteiger partial charge in [-0.25, -0.2) is 0 Å². The van der Waals surface area contributed by atoms with Crippen molar-refractivity contribution in [3.05, 3.63) is 24.6 Å². The van der Waals surface area contributed by atoms with Crippen molar-refractivity contribution in [2.75, 3.05) is 24.5 Å². The third kappa shape index (κ3) is 1.37. The van der Waals surface area contributed by atoms with Crippen molar-refractivity contribution in [3.63, 3.8) is 0 Å². The first kappa shape index (κ1) is 9.48. The van der Waals surface area contributed by atoms with Crippen LogP contribution in [0.15, 0.2) is 29.0 Å². The minimum absolute atomic E-state index is 0.700. The number of hydrogen-bond donors (Lipinski definition) is 1. The molecular formula is C13H15N3O. The van der Waals surface area contributed by atoms with Crippen LogP contribution < -0.4 is 10.2 Å². The maximum absolute atomic E-state index is 5.41. The van der Waals surface area contributed by atoms with E-state index in [0.717, 1.165) is 36.7 Å². The van der Waals surface area contributed by atoms with Crippen molar-refractivity contribution in [1.82, 2.24) is 10.3 Å². The first-order chi connectivity index (χ1) is 8.42. The summed E-state index contributed by atoms with van der Waals surface area (Å²) in [4.78, 5) is 6.89. The molecule has 0 aromatic carbocycles. The Morgan fingerprint density at radius 2 is 2.47 bits per heavy atom. The Balaban J connectivity index is 1.65. The molecule has 2 aromatic heterocycles. The summed E-state index contributed by atoms with van der Waals surface area (Å²) in [6, 6.07) is 4.72. The molecule has 0 bridgehead atoms. The van der Waals surface area contributed by atoms with Gasteiger partial charge in [-0.1, -0.05) is 0 Å². The van der Waals surface area contributed by atoms with Crippen LogP contribution in [0.5, 0.6) is 0 Å². The molecule has 0 spiro atoms. The molecule has 0 saturated carbocycles. The van der Waals surface area contributed by atoms with Gasteiger partial charge in [-0.05, 0) is 13.0 Å². The smallest absolute Gasteiger partial charge is 0.154 e. The molecule has 0 aliphatic carbocycles. The zero-order chi connectivity index (χ0) is 11.2. The molecular weight excluding hydrogens is 214 g/mol. The van der Waals surface area contributed by atoms with E-state index in [1.54, 1.807) is 6.26 Å². The maximum Gasteiger partial charge on any atom is 0.154 e. The van der Waals surface area contributed by atoms with Crippen LogP contribution in [-0.2, 0) is 0 Å². The Labute approximate surface area is 99.6 Å². The Morgan fingerprint density at radius 1 is 1.47 bits per heavy atom. The number of nitrogens with one attached hydrogen (secondary N) is 1. The van der Waals surface area contributed by atoms with Crippen molar-refractivity contribution in [2.24, 2.45) is 5.92 Å². The van der Waals surface area contributed by atoms with Crippen molar-refractivity contribution >= 4 is 16.8 Å². The van der Waals surface area contributed by atoms with Gasteiger partial charge in [0, 0.05) is 37.2 Å². The van der Waals surface area contributed by atoms with E-state index in [4.69, 9.17) is 4.42 Å². The number of rotatable bonds is 1. The SMILES string of the molecule is c1cc2ncc(N3CC4CNCCC43)cc2o1. The molecule has 4 heterocycles. The first-order valence-electron chi connectivity index (χ1n) is 6.22. The van der Waals surface area contributed by atoms with Gasteiger partial charge in [0.05, 0.1) is 18.1 Å². The zero-order valence-electron chi connectivity index (χ0n) is 9.60. The summed E-state index contributed by atoms with van der Waals surface area (Å²) in [5.74, 6) is 0.816. The first-order valence-corrected chi connectivity index (χ1v) is 6.22. The third-order valence-electron chi connectivity index (χ3n) is 4.02. The average Bonchev–Trinajstić information content (AvgIpc) is 2.78. The number of anilines is 1. The summed E-state index contributed by atoms with van der Waals surface area (Å²) in [5, 5.41) is 3.45. The Morgan fingerprint density at radius 3 is 3.41 bits per heavy atom. The standard InChI is InChI=1S/C13H15N3O/c1-3-14-6-9-8-16(12(1)9)10-5-13-11(15-7-10)2-4-17-13/h2,4-5,7,9,12,14H,1,3,6,8H2. The fourth-order valence-electron chi connectivity index (χ4n) is 3.05. The van der Waals surface area contributed by atoms with Gasteiger partial charge in [-0.15, -0.1) is 0 Å². The highest BCUT2D eigenvalue weighted by atomic mass is 16.3. The summed E-state index contributed by atoms with van der Waals surface area (Å²) >= 11 is 0. The van der Waals surface area contributed by atoms with Crippen molar-refractivity contribution in [3.8, 4) is 0 Å². The van der Waals surface area contributed by atoms with E-state index < -0.39 is 0 Å². The van der Waals surface area contributed by atoms with Crippen LogP contribution in [0.1, 0.15) is 6.42 Å². The fraction of sp³-hybridized carbons (Fsp3) is 0.462. The molecule has 2 aromatic rings. The highest BCUT2D eigenvalue weighted by Gasteiger charge is 2.40. The number of nitrogens with zero attached hydrogens (tertiary/aromatic N) is 2. The second-order valence-electron chi connectivity index (χ2n) is 4.97. The predicted octanol–water partition coefficient (Wildman–Crippen LogP) is 1.63. The van der Waals surface area contributed by atoms with Crippen LogP contribution in [0.2, 0.25) is 0 Å². The largest absolute Gasteiger partial charge is 0.463 e. The van der Waals surface area contributed by atoms with Gasteiger partial charge in [0.15, 0.2) is 5.58 Å². The lowest BCUT2D eigenvalue weighted by molar-refractivity contribution is 0.230. The molecule has 2 atom stereocenters. The monoisotopic (exact) mass is 229 g/mol. The number of hydrogen-bond acceptors (Lipinski definition) is 4. The van der Waals surface area contributed by atoms with Gasteiger partial charge in [0.25, 0.3) is 0 Å². The number of fused-ring (bicyclic) bond motifs is 2. The second-order valence-corrected chi connectivity index (χ2v) is 4.97. The lowest BCUT2D eigenvalue weighted by Crippen LogP contribution is -2.63. The van der Waals surface area contributed by atoms with E-state index in [1.165, 1.54) is 12.1 Å². The quantitative estimate of drug-likeness (QED) is 0.807. The lowest BCUT2D eigenvalue weighted by atomic mass is 9.83. The van der Waals surface area contributed by atoms with E-state index in [-0.39, 0.29) is 0 Å². The van der Waals surface area contributed by atoms with Crippen LogP contribution in [0, 0.1) is 5.92 Å². The van der Waals surface area contributed by atoms with Crippen molar-refractivity contribution < 1.29 is 4.42 Å². The van der Waals surface area contributed by atoms with Gasteiger partial charge in [0.1, 0.15) is 5.52 Å². The third-order valence-corrected chi connectivity index (χ3v) is 4.02. The fourth-order valence-corrected chi connectivity index (χ4v) is 3.05. The van der Waals surface area contributed by atoms with Gasteiger partial charge in [0.2, 0.25) is 0 Å². The number of piperidine rings is 1. The van der Waals surface area contributed by atoms with Gasteiger partial charge in [-0.3, -0.25) is 4.98 Å². The number of aromatic nitrogens is 1. The molecule has 88 valence electrons. The molecule has 2 fully saturated rings. The molecule has 0 amide bonds. The average molecular weight is 229 g/mol. The van der Waals surface area contributed by atoms with Gasteiger partial charge < -0.3 is 14.6 Å². The van der Waals surface area contributed by atoms with Crippen LogP contribution in [-0.4, -0.2) is 30.7 Å². The lowest BCUT2D eigenvalue weighted by Gasteiger charge is -2.52. The highest BCUT2D eigenvalue weighted by Crippen LogP contribution is 2.35. The summed E-state index contributed by atoms with van der Waals surface area (Å²) in [6.07, 6.45) is 4.90. The number of pyridine rings is 1. The van der Waals surface area contributed by atoms with E-state index >= 15 is 0 Å². The van der Waals surface area contributed by atoms with Crippen LogP contribution in [0.4, 0.5) is 5.69 Å². The molecule has 2 aliphatic heterocycles. The topological polar surface area (TPSA) is 41.3 Å². The molecule has 17 heavy (non-hydrogen) atoms. The summed E-state index contributed by atoms with van der Waals surface area (Å²) in [6.45, 7) is 3.44. The van der Waals surface area contributed by atoms with Gasteiger partial charge >= 0.3 is 0 Å². The van der Waals surface area contributed by atoms with Gasteiger partial charge in [-0.2, -0.15) is 0 Å². The summed E-state index contributed by atoms with van der Waals surface area (Å²) < 4.78 is 5.41. The molecule has 2 aliphatic rings. The van der Waals surface area contributed by atoms with E-state index in [9.17, 15) is 0 Å². The second kappa shape index (κ2) is 3.47. The van der Waals surface area contributed by atoms with Crippen LogP contribution in [0.3, 0.4) is 0 Å². The molecule has 2 saturated heterocycles. The van der Waals surface area contributed by atoms with Crippen molar-refractivity contribution in [2.45, 2.75) is 12.5 Å². The minimum atomic E-state index is 0.700. The number of furan rings is 1. The molecule has 0 radical (unpaired) electrons. The molecule has 4 nitrogen and oxygen atoms in total. The zero-order valence-corrected chi connectivity index (χ0v) is 9.60. The molecule has 4 rings (SSSR count). The highest BCUT2D eigenvalue weighted by molar-refractivity contribution is 5.76. The van der Waals surface area contributed by atoms with E-state index in [0.29, 0.717) is 6.04 Å². The summed E-state index contributed by atoms with van der Waals surface area (Å²) in [5.41, 5.74) is 3.03. The predicted molar refractivity (Wildman–Crippen MR) is 66.1 cm³/mol. The molecule has 2 unspecified atom stereocenters. The van der Waals surface area contributed by atoms with Crippen LogP contribution >= 0.6 is 0 Å². The Kier molecular flexibility index (Phi) is 1.93. The molecule has 1 N–H and O–H groups in total. The Bertz CT molecular complexity index is 550. The van der Waals surface area contributed by atoms with E-state index in [1.807, 2.05) is 12.3 Å². The van der Waals surface area contributed by atoms with E-state index in [2.05, 4.69) is 21.3 Å². The Hall–Kier alpha value is -1.55. The normalized spacial score (nSPS) is 27.9. The minimum Gasteiger partial charge on any atom is -0.463 e. The van der Waals surface area contributed by atoms with Crippen LogP contribution in [0.25, 0.3) is 11.1 Å². The summed E-state index contributed by atoms with van der Waals surface area (Å²) in [7, 11) is 0.